The first-order valence-electron chi connectivity index (χ1n) is 8.45. The fraction of sp³-hybridized carbons (Fsp3) is 0.556. The van der Waals surface area contributed by atoms with Crippen molar-refractivity contribution in [3.05, 3.63) is 40.2 Å². The molecule has 0 aliphatic heterocycles. The molecule has 0 N–H and O–H groups in total. The summed E-state index contributed by atoms with van der Waals surface area (Å²) in [6, 6.07) is 6.64. The summed E-state index contributed by atoms with van der Waals surface area (Å²) in [6.07, 6.45) is 4.54. The summed E-state index contributed by atoms with van der Waals surface area (Å²) in [5.41, 5.74) is 0.343. The van der Waals surface area contributed by atoms with Crippen molar-refractivity contribution in [2.45, 2.75) is 59.3 Å². The molecule has 6 heteroatoms. The minimum atomic E-state index is -0.273. The van der Waals surface area contributed by atoms with Gasteiger partial charge in [-0.25, -0.2) is 0 Å². The van der Waals surface area contributed by atoms with Crippen LogP contribution in [0.3, 0.4) is 0 Å². The molecule has 0 saturated heterocycles. The van der Waals surface area contributed by atoms with Crippen molar-refractivity contribution in [3.63, 3.8) is 0 Å². The van der Waals surface area contributed by atoms with E-state index >= 15 is 0 Å². The molecule has 0 bridgehead atoms. The molecule has 0 unspecified atom stereocenters. The molecule has 0 atom stereocenters. The molecular formula is C18H25N3O3. The maximum atomic E-state index is 12.3. The standard InChI is InChI=1S/C18H25N3O3/c1-18(2,3)16(22)12-6-4-5-7-13-17-19-21(24)15-11-9-8-10-14(15)20(17)23/h8-11H,4-7,12-13H2,1-3H3. The first-order chi connectivity index (χ1) is 11.3. The largest absolute Gasteiger partial charge is 0.804 e. The van der Waals surface area contributed by atoms with E-state index in [1.807, 2.05) is 20.8 Å². The lowest BCUT2D eigenvalue weighted by atomic mass is 9.88. The van der Waals surface area contributed by atoms with Gasteiger partial charge in [0.05, 0.1) is 10.0 Å². The van der Waals surface area contributed by atoms with Gasteiger partial charge >= 0.3 is 5.52 Å². The van der Waals surface area contributed by atoms with Crippen LogP contribution in [0.5, 0.6) is 0 Å². The van der Waals surface area contributed by atoms with Crippen LogP contribution < -0.4 is 4.54 Å². The molecule has 2 rings (SSSR count). The summed E-state index contributed by atoms with van der Waals surface area (Å²) < 4.78 is 1.26. The number of hydrogen-bond acceptors (Lipinski definition) is 4. The predicted molar refractivity (Wildman–Crippen MR) is 93.1 cm³/mol. The number of aryl methyl sites for hydroxylation is 1. The molecule has 1 heterocycles. The molecule has 0 amide bonds. The van der Waals surface area contributed by atoms with E-state index in [1.54, 1.807) is 24.3 Å². The predicted octanol–water partition coefficient (Wildman–Crippen LogP) is 3.40. The van der Waals surface area contributed by atoms with Crippen LogP contribution in [0.15, 0.2) is 24.3 Å². The zero-order valence-corrected chi connectivity index (χ0v) is 14.6. The third-order valence-electron chi connectivity index (χ3n) is 4.14. The lowest BCUT2D eigenvalue weighted by Gasteiger charge is -2.16. The molecule has 0 radical (unpaired) electrons. The van der Waals surface area contributed by atoms with Crippen LogP contribution in [0, 0.1) is 15.5 Å². The molecule has 1 aromatic carbocycles. The van der Waals surface area contributed by atoms with Crippen LogP contribution in [-0.2, 0) is 11.2 Å². The lowest BCUT2D eigenvalue weighted by molar-refractivity contribution is -0.538. The number of Topliss-reactive ketones (excluding diaryl/α,β-unsaturated/α-hetero) is 1. The zero-order chi connectivity index (χ0) is 17.7. The molecule has 0 fully saturated rings. The van der Waals surface area contributed by atoms with E-state index in [4.69, 9.17) is 0 Å². The number of fused-ring (bicyclic) bond motifs is 1. The smallest absolute Gasteiger partial charge is 0.318 e. The van der Waals surface area contributed by atoms with Gasteiger partial charge in [0.25, 0.3) is 0 Å². The number of aromatic nitrogens is 3. The highest BCUT2D eigenvalue weighted by Crippen LogP contribution is 2.19. The first-order valence-corrected chi connectivity index (χ1v) is 8.45. The number of para-hydroxylation sites is 2. The van der Waals surface area contributed by atoms with Gasteiger partial charge in [-0.3, -0.25) is 4.79 Å². The Balaban J connectivity index is 1.85. The van der Waals surface area contributed by atoms with Gasteiger partial charge in [0.1, 0.15) is 11.3 Å². The van der Waals surface area contributed by atoms with Crippen LogP contribution in [0.2, 0.25) is 0 Å². The van der Waals surface area contributed by atoms with Crippen molar-refractivity contribution in [3.8, 4) is 0 Å². The summed E-state index contributed by atoms with van der Waals surface area (Å²) in [7, 11) is 0. The van der Waals surface area contributed by atoms with Crippen molar-refractivity contribution in [1.29, 1.82) is 0 Å². The third kappa shape index (κ3) is 4.40. The Morgan fingerprint density at radius 1 is 1.17 bits per heavy atom. The Kier molecular flexibility index (Phi) is 5.70. The van der Waals surface area contributed by atoms with Crippen molar-refractivity contribution < 1.29 is 9.34 Å². The highest BCUT2D eigenvalue weighted by atomic mass is 16.5. The number of carbonyl (C=O) groups is 1. The van der Waals surface area contributed by atoms with Gasteiger partial charge < -0.3 is 9.94 Å². The first kappa shape index (κ1) is 18.1. The molecule has 24 heavy (non-hydrogen) atoms. The van der Waals surface area contributed by atoms with Gasteiger partial charge in [-0.15, -0.1) is 0 Å². The average Bonchev–Trinajstić information content (AvgIpc) is 2.54. The van der Waals surface area contributed by atoms with Crippen molar-refractivity contribution in [1.82, 2.24) is 9.83 Å². The number of hydrogen-bond donors (Lipinski definition) is 0. The Hall–Kier alpha value is -2.24. The molecular weight excluding hydrogens is 306 g/mol. The summed E-state index contributed by atoms with van der Waals surface area (Å²) in [6.45, 7) is 5.81. The van der Waals surface area contributed by atoms with E-state index in [0.717, 1.165) is 30.4 Å². The Bertz CT molecular complexity index is 775. The minimum Gasteiger partial charge on any atom is -0.804 e. The summed E-state index contributed by atoms with van der Waals surface area (Å²) in [5.74, 6) is 0.526. The van der Waals surface area contributed by atoms with E-state index in [-0.39, 0.29) is 22.5 Å². The number of nitrogens with zero attached hydrogens (tertiary/aromatic N) is 3. The van der Waals surface area contributed by atoms with Gasteiger partial charge in [-0.1, -0.05) is 45.7 Å². The minimum absolute atomic E-state index is 0.245. The molecule has 0 spiro atoms. The number of carbonyl (C=O) groups excluding carboxylic acids is 1. The number of benzene rings is 1. The van der Waals surface area contributed by atoms with Crippen LogP contribution in [0.25, 0.3) is 11.0 Å². The molecule has 0 aliphatic carbocycles. The third-order valence-corrected chi connectivity index (χ3v) is 4.14. The summed E-state index contributed by atoms with van der Waals surface area (Å²) >= 11 is 0. The van der Waals surface area contributed by atoms with Gasteiger partial charge in [0.2, 0.25) is 0 Å². The van der Waals surface area contributed by atoms with Crippen LogP contribution >= 0.6 is 0 Å². The van der Waals surface area contributed by atoms with Crippen LogP contribution in [-0.4, -0.2) is 15.6 Å². The topological polar surface area (TPSA) is 80.9 Å². The normalized spacial score (nSPS) is 11.8. The van der Waals surface area contributed by atoms with E-state index in [1.165, 1.54) is 0 Å². The maximum Gasteiger partial charge on any atom is 0.318 e. The van der Waals surface area contributed by atoms with Gasteiger partial charge in [0.15, 0.2) is 10.4 Å². The molecule has 6 nitrogen and oxygen atoms in total. The molecule has 130 valence electrons. The van der Waals surface area contributed by atoms with Gasteiger partial charge in [0, 0.05) is 24.3 Å². The van der Waals surface area contributed by atoms with E-state index in [9.17, 15) is 14.9 Å². The zero-order valence-electron chi connectivity index (χ0n) is 14.6. The molecule has 1 aromatic heterocycles. The summed E-state index contributed by atoms with van der Waals surface area (Å²) in [5, 5.41) is 16.1. The van der Waals surface area contributed by atoms with Crippen molar-refractivity contribution >= 4 is 16.8 Å². The van der Waals surface area contributed by atoms with E-state index in [0.29, 0.717) is 22.9 Å². The second kappa shape index (κ2) is 7.55. The number of rotatable bonds is 7. The van der Waals surface area contributed by atoms with Crippen LogP contribution in [0.1, 0.15) is 58.7 Å². The second-order valence-corrected chi connectivity index (χ2v) is 7.16. The number of unbranched alkanes of at least 4 members (excludes halogenated alkanes) is 3. The molecule has 0 saturated carbocycles. The number of ketones is 1. The van der Waals surface area contributed by atoms with E-state index < -0.39 is 0 Å². The summed E-state index contributed by atoms with van der Waals surface area (Å²) in [4.78, 5) is 23.7. The highest BCUT2D eigenvalue weighted by Gasteiger charge is 2.20. The molecule has 2 aromatic rings. The second-order valence-electron chi connectivity index (χ2n) is 7.16. The quantitative estimate of drug-likeness (QED) is 0.575. The van der Waals surface area contributed by atoms with Crippen molar-refractivity contribution in [2.75, 3.05) is 0 Å². The monoisotopic (exact) mass is 331 g/mol. The Morgan fingerprint density at radius 2 is 1.83 bits per heavy atom. The van der Waals surface area contributed by atoms with Gasteiger partial charge in [-0.2, -0.15) is 0 Å². The Labute approximate surface area is 141 Å². The highest BCUT2D eigenvalue weighted by molar-refractivity contribution is 5.83. The average molecular weight is 331 g/mol. The van der Waals surface area contributed by atoms with Crippen molar-refractivity contribution in [2.24, 2.45) is 5.41 Å². The SMILES string of the molecule is CC(C)(C)C(=O)CCCCCCc1n[n+](=O)c2ccccc2n1[O-]. The lowest BCUT2D eigenvalue weighted by Crippen LogP contribution is -2.26. The van der Waals surface area contributed by atoms with Crippen LogP contribution in [0.4, 0.5) is 0 Å². The molecule has 0 aliphatic rings. The Morgan fingerprint density at radius 3 is 2.54 bits per heavy atom. The fourth-order valence-electron chi connectivity index (χ4n) is 2.58. The van der Waals surface area contributed by atoms with Gasteiger partial charge in [-0.05, 0) is 18.9 Å². The maximum absolute atomic E-state index is 12.3. The van der Waals surface area contributed by atoms with E-state index in [2.05, 4.69) is 5.10 Å². The fourth-order valence-corrected chi connectivity index (χ4v) is 2.58.